The van der Waals surface area contributed by atoms with Crippen molar-refractivity contribution in [3.63, 3.8) is 0 Å². The van der Waals surface area contributed by atoms with Gasteiger partial charge in [0.1, 0.15) is 29.3 Å². The third-order valence-corrected chi connectivity index (χ3v) is 4.61. The summed E-state index contributed by atoms with van der Waals surface area (Å²) in [5.74, 6) is -0.226. The Hall–Kier alpha value is -3.26. The number of hydrogen-bond donors (Lipinski definition) is 0. The van der Waals surface area contributed by atoms with Crippen molar-refractivity contribution in [3.05, 3.63) is 86.6 Å². The lowest BCUT2D eigenvalue weighted by molar-refractivity contribution is 0.0466. The van der Waals surface area contributed by atoms with E-state index in [9.17, 15) is 9.59 Å². The fourth-order valence-electron chi connectivity index (χ4n) is 2.82. The monoisotopic (exact) mass is 439 g/mol. The molecule has 0 atom stereocenters. The van der Waals surface area contributed by atoms with Crippen LogP contribution in [-0.4, -0.2) is 20.5 Å². The Morgan fingerprint density at radius 2 is 2.00 bits per heavy atom. The number of rotatable bonds is 4. The fourth-order valence-corrected chi connectivity index (χ4v) is 3.15. The molecular formula is C20H14BrN3O4. The van der Waals surface area contributed by atoms with E-state index in [1.807, 2.05) is 30.3 Å². The van der Waals surface area contributed by atoms with Gasteiger partial charge in [0.15, 0.2) is 0 Å². The van der Waals surface area contributed by atoms with Gasteiger partial charge in [-0.2, -0.15) is 0 Å². The minimum Gasteiger partial charge on any atom is -0.455 e. The number of esters is 1. The van der Waals surface area contributed by atoms with Crippen molar-refractivity contribution >= 4 is 27.5 Å². The summed E-state index contributed by atoms with van der Waals surface area (Å²) in [5, 5.41) is 3.98. The first-order valence-corrected chi connectivity index (χ1v) is 9.19. The summed E-state index contributed by atoms with van der Waals surface area (Å²) in [7, 11) is 0. The number of carbonyl (C=O) groups excluding carboxylic acids is 1. The van der Waals surface area contributed by atoms with Crippen LogP contribution in [0.1, 0.15) is 21.8 Å². The Labute approximate surface area is 167 Å². The first-order valence-electron chi connectivity index (χ1n) is 8.39. The van der Waals surface area contributed by atoms with Crippen molar-refractivity contribution in [2.75, 3.05) is 0 Å². The lowest BCUT2D eigenvalue weighted by Crippen LogP contribution is -2.16. The topological polar surface area (TPSA) is 86.7 Å². The Morgan fingerprint density at radius 3 is 2.79 bits per heavy atom. The molecule has 7 nitrogen and oxygen atoms in total. The Kier molecular flexibility index (Phi) is 4.79. The van der Waals surface area contributed by atoms with Crippen molar-refractivity contribution in [1.82, 2.24) is 14.5 Å². The molecule has 0 unspecified atom stereocenters. The van der Waals surface area contributed by atoms with Crippen molar-refractivity contribution in [1.29, 1.82) is 0 Å². The highest BCUT2D eigenvalue weighted by Gasteiger charge is 2.23. The number of hydrogen-bond acceptors (Lipinski definition) is 6. The van der Waals surface area contributed by atoms with Gasteiger partial charge in [-0.1, -0.05) is 35.5 Å². The highest BCUT2D eigenvalue weighted by atomic mass is 79.9. The number of ether oxygens (including phenoxy) is 1. The molecule has 0 aliphatic heterocycles. The lowest BCUT2D eigenvalue weighted by atomic mass is 10.1. The molecule has 4 rings (SSSR count). The van der Waals surface area contributed by atoms with Crippen LogP contribution in [0.3, 0.4) is 0 Å². The molecule has 0 spiro atoms. The van der Waals surface area contributed by atoms with Crippen LogP contribution < -0.4 is 5.56 Å². The van der Waals surface area contributed by atoms with Crippen molar-refractivity contribution in [2.24, 2.45) is 0 Å². The minimum absolute atomic E-state index is 0.139. The van der Waals surface area contributed by atoms with E-state index in [-0.39, 0.29) is 17.7 Å². The number of nitrogens with zero attached hydrogens (tertiary/aromatic N) is 3. The molecule has 0 bridgehead atoms. The van der Waals surface area contributed by atoms with Gasteiger partial charge >= 0.3 is 5.97 Å². The zero-order chi connectivity index (χ0) is 19.7. The zero-order valence-corrected chi connectivity index (χ0v) is 16.3. The number of fused-ring (bicyclic) bond motifs is 1. The molecule has 140 valence electrons. The lowest BCUT2D eigenvalue weighted by Gasteiger charge is -2.07. The fraction of sp³-hybridized carbons (Fsp3) is 0.100. The maximum absolute atomic E-state index is 12.6. The van der Waals surface area contributed by atoms with E-state index in [0.717, 1.165) is 10.0 Å². The summed E-state index contributed by atoms with van der Waals surface area (Å²) < 4.78 is 12.7. The second-order valence-electron chi connectivity index (χ2n) is 6.07. The number of carbonyl (C=O) groups is 1. The predicted octanol–water partition coefficient (Wildman–Crippen LogP) is 3.78. The van der Waals surface area contributed by atoms with Gasteiger partial charge in [0.25, 0.3) is 5.56 Å². The summed E-state index contributed by atoms with van der Waals surface area (Å²) >= 11 is 3.32. The van der Waals surface area contributed by atoms with Crippen LogP contribution in [-0.2, 0) is 11.3 Å². The standard InChI is InChI=1S/C20H14BrN3O4/c1-12-18(19(23-28-12)13-5-3-2-4-6-13)20(26)27-11-15-9-17(25)24-10-14(21)7-8-16(24)22-15/h2-10H,11H2,1H3. The Balaban J connectivity index is 1.59. The molecule has 0 saturated carbocycles. The van der Waals surface area contributed by atoms with Gasteiger partial charge in [0.2, 0.25) is 0 Å². The maximum atomic E-state index is 12.6. The molecule has 28 heavy (non-hydrogen) atoms. The molecule has 0 fully saturated rings. The van der Waals surface area contributed by atoms with Crippen molar-refractivity contribution in [3.8, 4) is 11.3 Å². The number of aromatic nitrogens is 3. The van der Waals surface area contributed by atoms with E-state index in [2.05, 4.69) is 26.1 Å². The second kappa shape index (κ2) is 7.40. The Morgan fingerprint density at radius 1 is 1.21 bits per heavy atom. The first-order chi connectivity index (χ1) is 13.5. The van der Waals surface area contributed by atoms with Gasteiger partial charge in [-0.3, -0.25) is 9.20 Å². The molecule has 0 amide bonds. The summed E-state index contributed by atoms with van der Waals surface area (Å²) in [6.45, 7) is 1.51. The van der Waals surface area contributed by atoms with E-state index >= 15 is 0 Å². The molecule has 3 aromatic heterocycles. The highest BCUT2D eigenvalue weighted by Crippen LogP contribution is 2.26. The van der Waals surface area contributed by atoms with Gasteiger partial charge in [-0.05, 0) is 35.0 Å². The van der Waals surface area contributed by atoms with E-state index in [1.54, 1.807) is 25.3 Å². The van der Waals surface area contributed by atoms with Crippen LogP contribution in [0.5, 0.6) is 0 Å². The summed E-state index contributed by atoms with van der Waals surface area (Å²) in [4.78, 5) is 29.3. The van der Waals surface area contributed by atoms with Crippen LogP contribution in [0.15, 0.2) is 68.5 Å². The van der Waals surface area contributed by atoms with Crippen molar-refractivity contribution in [2.45, 2.75) is 13.5 Å². The molecule has 0 aliphatic rings. The third kappa shape index (κ3) is 3.46. The SMILES string of the molecule is Cc1onc(-c2ccccc2)c1C(=O)OCc1cc(=O)n2cc(Br)ccc2n1. The van der Waals surface area contributed by atoms with Crippen LogP contribution in [0.2, 0.25) is 0 Å². The van der Waals surface area contributed by atoms with Gasteiger partial charge in [0, 0.05) is 22.3 Å². The van der Waals surface area contributed by atoms with Gasteiger partial charge in [-0.25, -0.2) is 9.78 Å². The van der Waals surface area contributed by atoms with Gasteiger partial charge in [0.05, 0.1) is 5.69 Å². The summed E-state index contributed by atoms with van der Waals surface area (Å²) in [5.41, 5.74) is 1.98. The second-order valence-corrected chi connectivity index (χ2v) is 6.98. The largest absolute Gasteiger partial charge is 0.455 e. The number of aryl methyl sites for hydroxylation is 1. The number of benzene rings is 1. The van der Waals surface area contributed by atoms with Gasteiger partial charge < -0.3 is 9.26 Å². The normalized spacial score (nSPS) is 10.9. The molecule has 4 aromatic rings. The smallest absolute Gasteiger partial charge is 0.344 e. The predicted molar refractivity (Wildman–Crippen MR) is 105 cm³/mol. The zero-order valence-electron chi connectivity index (χ0n) is 14.8. The molecule has 0 N–H and O–H groups in total. The quantitative estimate of drug-likeness (QED) is 0.449. The number of pyridine rings is 1. The first kappa shape index (κ1) is 18.1. The minimum atomic E-state index is -0.588. The van der Waals surface area contributed by atoms with E-state index in [4.69, 9.17) is 9.26 Å². The molecule has 0 aliphatic carbocycles. The van der Waals surface area contributed by atoms with E-state index in [1.165, 1.54) is 10.5 Å². The van der Waals surface area contributed by atoms with E-state index < -0.39 is 5.97 Å². The summed E-state index contributed by atoms with van der Waals surface area (Å²) in [6.07, 6.45) is 1.63. The van der Waals surface area contributed by atoms with Gasteiger partial charge in [-0.15, -0.1) is 0 Å². The molecular weight excluding hydrogens is 426 g/mol. The molecule has 3 heterocycles. The Bertz CT molecular complexity index is 1230. The molecule has 1 aromatic carbocycles. The molecule has 8 heteroatoms. The summed E-state index contributed by atoms with van der Waals surface area (Å²) in [6, 6.07) is 14.1. The van der Waals surface area contributed by atoms with Crippen LogP contribution in [0.25, 0.3) is 16.9 Å². The average molecular weight is 440 g/mol. The average Bonchev–Trinajstić information content (AvgIpc) is 3.09. The molecule has 0 saturated heterocycles. The maximum Gasteiger partial charge on any atom is 0.344 e. The van der Waals surface area contributed by atoms with Crippen molar-refractivity contribution < 1.29 is 14.1 Å². The van der Waals surface area contributed by atoms with Crippen LogP contribution >= 0.6 is 15.9 Å². The molecule has 0 radical (unpaired) electrons. The number of halogens is 1. The van der Waals surface area contributed by atoms with Crippen LogP contribution in [0.4, 0.5) is 0 Å². The highest BCUT2D eigenvalue weighted by molar-refractivity contribution is 9.10. The third-order valence-electron chi connectivity index (χ3n) is 4.14. The van der Waals surface area contributed by atoms with Crippen LogP contribution in [0, 0.1) is 6.92 Å². The van der Waals surface area contributed by atoms with E-state index in [0.29, 0.717) is 22.8 Å².